The molecule has 1 heterocycles. The molecule has 1 amide bonds. The van der Waals surface area contributed by atoms with Gasteiger partial charge in [-0.25, -0.2) is 4.68 Å². The maximum absolute atomic E-state index is 12.1. The smallest absolute Gasteiger partial charge is 0.258 e. The fraction of sp³-hybridized carbons (Fsp3) is 0.200. The highest BCUT2D eigenvalue weighted by Gasteiger charge is 2.14. The third-order valence-corrected chi connectivity index (χ3v) is 4.69. The fourth-order valence-corrected chi connectivity index (χ4v) is 3.19. The summed E-state index contributed by atoms with van der Waals surface area (Å²) in [5.41, 5.74) is 3.83. The minimum atomic E-state index is -0.243. The number of para-hydroxylation sites is 1. The number of benzene rings is 2. The Kier molecular flexibility index (Phi) is 6.04. The number of rotatable bonds is 6. The molecule has 1 aromatic heterocycles. The predicted molar refractivity (Wildman–Crippen MR) is 107 cm³/mol. The number of halogens is 2. The third-order valence-electron chi connectivity index (χ3n) is 4.16. The number of carbonyl (C=O) groups is 1. The van der Waals surface area contributed by atoms with Gasteiger partial charge in [-0.2, -0.15) is 5.10 Å². The van der Waals surface area contributed by atoms with Crippen molar-refractivity contribution in [2.45, 2.75) is 20.4 Å². The SMILES string of the molecule is Cc1nn(-c2ccccc2)c(C)c1CNC(=O)COc1ccc(Cl)cc1Cl. The van der Waals surface area contributed by atoms with E-state index in [2.05, 4.69) is 10.4 Å². The number of hydrogen-bond acceptors (Lipinski definition) is 3. The summed E-state index contributed by atoms with van der Waals surface area (Å²) in [6, 6.07) is 14.7. The van der Waals surface area contributed by atoms with Crippen molar-refractivity contribution in [3.8, 4) is 11.4 Å². The molecule has 3 rings (SSSR count). The molecule has 27 heavy (non-hydrogen) atoms. The van der Waals surface area contributed by atoms with E-state index in [0.29, 0.717) is 22.3 Å². The summed E-state index contributed by atoms with van der Waals surface area (Å²) in [6.45, 7) is 4.16. The average Bonchev–Trinajstić information content (AvgIpc) is 2.94. The second kappa shape index (κ2) is 8.46. The molecule has 0 bridgehead atoms. The highest BCUT2D eigenvalue weighted by molar-refractivity contribution is 6.35. The maximum atomic E-state index is 12.1. The Labute approximate surface area is 167 Å². The molecule has 0 atom stereocenters. The fourth-order valence-electron chi connectivity index (χ4n) is 2.72. The lowest BCUT2D eigenvalue weighted by molar-refractivity contribution is -0.123. The van der Waals surface area contributed by atoms with Crippen LogP contribution in [0.1, 0.15) is 17.0 Å². The molecule has 0 aliphatic heterocycles. The van der Waals surface area contributed by atoms with Crippen LogP contribution < -0.4 is 10.1 Å². The van der Waals surface area contributed by atoms with Gasteiger partial charge in [0.1, 0.15) is 5.75 Å². The molecule has 0 radical (unpaired) electrons. The van der Waals surface area contributed by atoms with Crippen LogP contribution in [0.5, 0.6) is 5.75 Å². The number of aryl methyl sites for hydroxylation is 1. The largest absolute Gasteiger partial charge is 0.482 e. The first-order valence-corrected chi connectivity index (χ1v) is 9.16. The summed E-state index contributed by atoms with van der Waals surface area (Å²) in [4.78, 5) is 12.1. The lowest BCUT2D eigenvalue weighted by Gasteiger charge is -2.09. The first-order valence-electron chi connectivity index (χ1n) is 8.41. The van der Waals surface area contributed by atoms with Gasteiger partial charge in [0.25, 0.3) is 5.91 Å². The van der Waals surface area contributed by atoms with Crippen LogP contribution in [0.3, 0.4) is 0 Å². The van der Waals surface area contributed by atoms with E-state index in [1.165, 1.54) is 0 Å². The zero-order valence-electron chi connectivity index (χ0n) is 15.0. The molecule has 0 unspecified atom stereocenters. The monoisotopic (exact) mass is 403 g/mol. The van der Waals surface area contributed by atoms with Gasteiger partial charge in [-0.1, -0.05) is 41.4 Å². The summed E-state index contributed by atoms with van der Waals surface area (Å²) in [6.07, 6.45) is 0. The number of nitrogens with zero attached hydrogens (tertiary/aromatic N) is 2. The highest BCUT2D eigenvalue weighted by Crippen LogP contribution is 2.27. The van der Waals surface area contributed by atoms with Crippen molar-refractivity contribution in [3.63, 3.8) is 0 Å². The summed E-state index contributed by atoms with van der Waals surface area (Å²) < 4.78 is 7.33. The summed E-state index contributed by atoms with van der Waals surface area (Å²) in [7, 11) is 0. The number of nitrogens with one attached hydrogen (secondary N) is 1. The number of hydrogen-bond donors (Lipinski definition) is 1. The van der Waals surface area contributed by atoms with Crippen LogP contribution in [0.4, 0.5) is 0 Å². The van der Waals surface area contributed by atoms with Crippen molar-refractivity contribution in [1.82, 2.24) is 15.1 Å². The second-order valence-corrected chi connectivity index (χ2v) is 6.88. The number of ether oxygens (including phenoxy) is 1. The van der Waals surface area contributed by atoms with Crippen molar-refractivity contribution >= 4 is 29.1 Å². The lowest BCUT2D eigenvalue weighted by Crippen LogP contribution is -2.28. The van der Waals surface area contributed by atoms with Crippen LogP contribution >= 0.6 is 23.2 Å². The molecular formula is C20H19Cl2N3O2. The van der Waals surface area contributed by atoms with Gasteiger partial charge in [0.15, 0.2) is 6.61 Å². The quantitative estimate of drug-likeness (QED) is 0.659. The third kappa shape index (κ3) is 4.62. The summed E-state index contributed by atoms with van der Waals surface area (Å²) >= 11 is 11.9. The molecule has 2 aromatic carbocycles. The van der Waals surface area contributed by atoms with Crippen LogP contribution in [0, 0.1) is 13.8 Å². The lowest BCUT2D eigenvalue weighted by atomic mass is 10.2. The van der Waals surface area contributed by atoms with E-state index in [4.69, 9.17) is 27.9 Å². The molecule has 0 aliphatic carbocycles. The van der Waals surface area contributed by atoms with Gasteiger partial charge in [0.05, 0.1) is 16.4 Å². The Morgan fingerprint density at radius 2 is 1.89 bits per heavy atom. The molecule has 0 saturated carbocycles. The van der Waals surface area contributed by atoms with Crippen LogP contribution in [0.25, 0.3) is 5.69 Å². The molecule has 0 fully saturated rings. The molecular weight excluding hydrogens is 385 g/mol. The first kappa shape index (κ1) is 19.3. The minimum Gasteiger partial charge on any atom is -0.482 e. The molecule has 7 heteroatoms. The number of amides is 1. The van der Waals surface area contributed by atoms with Crippen molar-refractivity contribution in [2.24, 2.45) is 0 Å². The molecule has 1 N–H and O–H groups in total. The Bertz CT molecular complexity index is 955. The van der Waals surface area contributed by atoms with Gasteiger partial charge in [0.2, 0.25) is 0 Å². The standard InChI is InChI=1S/C20H19Cl2N3O2/c1-13-17(14(2)25(24-13)16-6-4-3-5-7-16)11-23-20(26)12-27-19-9-8-15(21)10-18(19)22/h3-10H,11-12H2,1-2H3,(H,23,26). The average molecular weight is 404 g/mol. The van der Waals surface area contributed by atoms with Gasteiger partial charge in [0, 0.05) is 22.8 Å². The van der Waals surface area contributed by atoms with Crippen molar-refractivity contribution in [2.75, 3.05) is 6.61 Å². The molecule has 0 spiro atoms. The Hall–Kier alpha value is -2.50. The van der Waals surface area contributed by atoms with E-state index in [9.17, 15) is 4.79 Å². The van der Waals surface area contributed by atoms with E-state index >= 15 is 0 Å². The van der Waals surface area contributed by atoms with Gasteiger partial charge < -0.3 is 10.1 Å². The predicted octanol–water partition coefficient (Wildman–Crippen LogP) is 4.49. The molecule has 0 aliphatic rings. The first-order chi connectivity index (χ1) is 13.0. The topological polar surface area (TPSA) is 56.2 Å². The van der Waals surface area contributed by atoms with Crippen molar-refractivity contribution in [1.29, 1.82) is 0 Å². The Balaban J connectivity index is 1.61. The Morgan fingerprint density at radius 3 is 2.59 bits per heavy atom. The van der Waals surface area contributed by atoms with Crippen LogP contribution in [-0.2, 0) is 11.3 Å². The van der Waals surface area contributed by atoms with E-state index in [1.807, 2.05) is 48.9 Å². The van der Waals surface area contributed by atoms with E-state index < -0.39 is 0 Å². The Morgan fingerprint density at radius 1 is 1.15 bits per heavy atom. The molecule has 140 valence electrons. The minimum absolute atomic E-state index is 0.133. The van der Waals surface area contributed by atoms with E-state index in [-0.39, 0.29) is 12.5 Å². The molecule has 3 aromatic rings. The summed E-state index contributed by atoms with van der Waals surface area (Å²) in [5, 5.41) is 8.32. The van der Waals surface area contributed by atoms with Crippen LogP contribution in [-0.4, -0.2) is 22.3 Å². The normalized spacial score (nSPS) is 10.7. The van der Waals surface area contributed by atoms with E-state index in [0.717, 1.165) is 22.6 Å². The highest BCUT2D eigenvalue weighted by atomic mass is 35.5. The van der Waals surface area contributed by atoms with Gasteiger partial charge in [-0.05, 0) is 44.2 Å². The van der Waals surface area contributed by atoms with Gasteiger partial charge >= 0.3 is 0 Å². The van der Waals surface area contributed by atoms with Crippen LogP contribution in [0.15, 0.2) is 48.5 Å². The maximum Gasteiger partial charge on any atom is 0.258 e. The molecule has 0 saturated heterocycles. The number of aromatic nitrogens is 2. The van der Waals surface area contributed by atoms with Crippen molar-refractivity contribution < 1.29 is 9.53 Å². The summed E-state index contributed by atoms with van der Waals surface area (Å²) in [5.74, 6) is 0.174. The zero-order chi connectivity index (χ0) is 19.4. The second-order valence-electron chi connectivity index (χ2n) is 6.04. The van der Waals surface area contributed by atoms with Gasteiger partial charge in [-0.15, -0.1) is 0 Å². The van der Waals surface area contributed by atoms with E-state index in [1.54, 1.807) is 18.2 Å². The van der Waals surface area contributed by atoms with Gasteiger partial charge in [-0.3, -0.25) is 4.79 Å². The molecule has 5 nitrogen and oxygen atoms in total. The van der Waals surface area contributed by atoms with Crippen LogP contribution in [0.2, 0.25) is 10.0 Å². The van der Waals surface area contributed by atoms with Crippen molar-refractivity contribution in [3.05, 3.63) is 75.5 Å². The number of carbonyl (C=O) groups excluding carboxylic acids is 1. The zero-order valence-corrected chi connectivity index (χ0v) is 16.5.